The summed E-state index contributed by atoms with van der Waals surface area (Å²) in [5.74, 6) is -1.93. The van der Waals surface area contributed by atoms with Crippen molar-refractivity contribution in [3.05, 3.63) is 68.9 Å². The van der Waals surface area contributed by atoms with Crippen LogP contribution in [-0.4, -0.2) is 74.5 Å². The highest BCUT2D eigenvalue weighted by Crippen LogP contribution is 2.59. The zero-order valence-electron chi connectivity index (χ0n) is 30.7. The second kappa shape index (κ2) is 13.0. The number of fused-ring (bicyclic) bond motifs is 2. The van der Waals surface area contributed by atoms with Crippen molar-refractivity contribution in [2.24, 2.45) is 16.7 Å². The SMILES string of the molecule is Cc1ccc(N2CC3(CC(C(=O)Nc4cc(Nc5cc(Cl)c6n(c5=O)C5(CCC7(CC7)CC5)NC6=O)ncn4)C3)C2)cc1C(=O)N(C=O)C1CCC(=O)NC1=O. The minimum atomic E-state index is -1.06. The highest BCUT2D eigenvalue weighted by atomic mass is 35.5. The van der Waals surface area contributed by atoms with E-state index in [4.69, 9.17) is 11.6 Å². The van der Waals surface area contributed by atoms with Crippen LogP contribution in [0.3, 0.4) is 0 Å². The highest BCUT2D eigenvalue weighted by Gasteiger charge is 2.55. The van der Waals surface area contributed by atoms with Crippen LogP contribution in [0.25, 0.3) is 0 Å². The Morgan fingerprint density at radius 1 is 0.964 bits per heavy atom. The standard InChI is InChI=1S/C39H40ClN9O7/c1-21-2-3-23(12-24(21)35(55)48(20-50)27-4-5-30(51)45-33(27)53)47-17-38(18-47)15-22(16-38)32(52)44-29-14-28(41-19-42-29)43-26-13-25(40)31-34(54)46-39(49(31)36(26)56)10-8-37(6-7-37)9-11-39/h2-3,12-14,19-20,22,27H,4-11,15-18H2,1H3,(H,46,54)(H,45,51,53)(H2,41,42,43,44,52). The molecule has 2 aromatic heterocycles. The predicted octanol–water partition coefficient (Wildman–Crippen LogP) is 3.35. The number of pyridine rings is 1. The summed E-state index contributed by atoms with van der Waals surface area (Å²) in [6.07, 6.45) is 8.66. The summed E-state index contributed by atoms with van der Waals surface area (Å²) < 4.78 is 1.52. The van der Waals surface area contributed by atoms with Gasteiger partial charge in [0, 0.05) is 48.2 Å². The number of anilines is 4. The van der Waals surface area contributed by atoms with Crippen molar-refractivity contribution in [1.82, 2.24) is 30.1 Å². The topological polar surface area (TPSA) is 205 Å². The molecule has 3 aliphatic carbocycles. The van der Waals surface area contributed by atoms with Gasteiger partial charge in [-0.3, -0.25) is 48.3 Å². The first-order valence-electron chi connectivity index (χ1n) is 19.0. The molecule has 3 saturated carbocycles. The molecule has 0 bridgehead atoms. The molecule has 1 unspecified atom stereocenters. The number of aromatic nitrogens is 3. The lowest BCUT2D eigenvalue weighted by Crippen LogP contribution is -2.64. The molecule has 3 aromatic rings. The zero-order chi connectivity index (χ0) is 39.1. The van der Waals surface area contributed by atoms with Crippen LogP contribution in [0.2, 0.25) is 5.02 Å². The first-order valence-corrected chi connectivity index (χ1v) is 19.3. The quantitative estimate of drug-likeness (QED) is 0.193. The molecular formula is C39H40ClN9O7. The van der Waals surface area contributed by atoms with Crippen LogP contribution < -0.4 is 31.7 Å². The molecule has 6 amide bonds. The first kappa shape index (κ1) is 36.0. The minimum Gasteiger partial charge on any atom is -0.370 e. The average Bonchev–Trinajstić information content (AvgIpc) is 3.83. The van der Waals surface area contributed by atoms with Gasteiger partial charge in [0.15, 0.2) is 0 Å². The van der Waals surface area contributed by atoms with Gasteiger partial charge >= 0.3 is 0 Å². The van der Waals surface area contributed by atoms with E-state index in [9.17, 15) is 33.6 Å². The van der Waals surface area contributed by atoms with Crippen LogP contribution in [0.1, 0.15) is 90.6 Å². The van der Waals surface area contributed by atoms with E-state index in [1.807, 2.05) is 6.07 Å². The predicted molar refractivity (Wildman–Crippen MR) is 202 cm³/mol. The number of carbonyl (C=O) groups is 6. The van der Waals surface area contributed by atoms with Gasteiger partial charge in [-0.15, -0.1) is 0 Å². The van der Waals surface area contributed by atoms with E-state index in [1.54, 1.807) is 25.1 Å². The number of aryl methyl sites for hydroxylation is 1. The molecule has 5 heterocycles. The minimum absolute atomic E-state index is 0.0388. The van der Waals surface area contributed by atoms with Gasteiger partial charge in [-0.1, -0.05) is 17.7 Å². The second-order valence-electron chi connectivity index (χ2n) is 16.5. The van der Waals surface area contributed by atoms with Crippen molar-refractivity contribution in [2.45, 2.75) is 82.8 Å². The van der Waals surface area contributed by atoms with Gasteiger partial charge in [-0.25, -0.2) is 9.97 Å². The van der Waals surface area contributed by atoms with E-state index in [0.717, 1.165) is 23.4 Å². The van der Waals surface area contributed by atoms with Crippen molar-refractivity contribution in [3.63, 3.8) is 0 Å². The van der Waals surface area contributed by atoms with E-state index in [-0.39, 0.29) is 69.6 Å². The molecule has 4 N–H and O–H groups in total. The smallest absolute Gasteiger partial charge is 0.276 e. The van der Waals surface area contributed by atoms with E-state index in [2.05, 4.69) is 36.1 Å². The Labute approximate surface area is 325 Å². The Kier molecular flexibility index (Phi) is 8.34. The molecule has 2 saturated heterocycles. The van der Waals surface area contributed by atoms with Crippen molar-refractivity contribution >= 4 is 70.6 Å². The molecule has 1 atom stereocenters. The number of hydrogen-bond acceptors (Lipinski definition) is 11. The molecule has 17 heteroatoms. The van der Waals surface area contributed by atoms with Gasteiger partial charge in [0.05, 0.1) is 5.02 Å². The Morgan fingerprint density at radius 2 is 1.68 bits per heavy atom. The third-order valence-corrected chi connectivity index (χ3v) is 13.2. The van der Waals surface area contributed by atoms with Crippen LogP contribution in [0.15, 0.2) is 41.5 Å². The number of piperidine rings is 1. The lowest BCUT2D eigenvalue weighted by atomic mass is 9.57. The summed E-state index contributed by atoms with van der Waals surface area (Å²) in [5, 5.41) is 11.3. The number of nitrogens with zero attached hydrogens (tertiary/aromatic N) is 5. The maximum absolute atomic E-state index is 13.9. The molecule has 6 aliphatic rings. The van der Waals surface area contributed by atoms with Crippen molar-refractivity contribution in [3.8, 4) is 0 Å². The first-order chi connectivity index (χ1) is 26.8. The molecule has 9 rings (SSSR count). The maximum atomic E-state index is 13.9. The van der Waals surface area contributed by atoms with E-state index in [1.165, 1.54) is 29.8 Å². The van der Waals surface area contributed by atoms with E-state index < -0.39 is 29.4 Å². The van der Waals surface area contributed by atoms with Gasteiger partial charge in [-0.2, -0.15) is 0 Å². The largest absolute Gasteiger partial charge is 0.370 e. The van der Waals surface area contributed by atoms with Crippen LogP contribution in [-0.2, 0) is 24.8 Å². The van der Waals surface area contributed by atoms with E-state index >= 15 is 0 Å². The third kappa shape index (κ3) is 6.01. The van der Waals surface area contributed by atoms with Crippen molar-refractivity contribution in [2.75, 3.05) is 28.6 Å². The Bertz CT molecular complexity index is 2300. The van der Waals surface area contributed by atoms with Crippen LogP contribution >= 0.6 is 11.6 Å². The molecule has 16 nitrogen and oxygen atoms in total. The molecule has 3 spiro atoms. The Morgan fingerprint density at radius 3 is 2.38 bits per heavy atom. The molecule has 56 heavy (non-hydrogen) atoms. The van der Waals surface area contributed by atoms with E-state index in [0.29, 0.717) is 61.7 Å². The zero-order valence-corrected chi connectivity index (χ0v) is 31.4. The van der Waals surface area contributed by atoms with Gasteiger partial charge < -0.3 is 20.9 Å². The van der Waals surface area contributed by atoms with Crippen LogP contribution in [0.5, 0.6) is 0 Å². The Hall–Kier alpha value is -5.64. The number of nitrogens with one attached hydrogen (secondary N) is 4. The lowest BCUT2D eigenvalue weighted by molar-refractivity contribution is -0.139. The molecular weight excluding hydrogens is 742 g/mol. The Balaban J connectivity index is 0.819. The van der Waals surface area contributed by atoms with Crippen LogP contribution in [0, 0.1) is 23.7 Å². The lowest BCUT2D eigenvalue weighted by Gasteiger charge is -2.59. The number of hydrogen-bond donors (Lipinski definition) is 4. The summed E-state index contributed by atoms with van der Waals surface area (Å²) in [7, 11) is 0. The maximum Gasteiger partial charge on any atom is 0.276 e. The van der Waals surface area contributed by atoms with Gasteiger partial charge in [0.25, 0.3) is 17.4 Å². The summed E-state index contributed by atoms with van der Waals surface area (Å²) >= 11 is 6.60. The summed E-state index contributed by atoms with van der Waals surface area (Å²) in [6, 6.07) is 7.34. The fourth-order valence-electron chi connectivity index (χ4n) is 9.46. The van der Waals surface area contributed by atoms with Crippen molar-refractivity contribution < 1.29 is 28.8 Å². The fourth-order valence-corrected chi connectivity index (χ4v) is 9.74. The summed E-state index contributed by atoms with van der Waals surface area (Å²) in [5.41, 5.74) is 1.17. The monoisotopic (exact) mass is 781 g/mol. The molecule has 3 aliphatic heterocycles. The highest BCUT2D eigenvalue weighted by molar-refractivity contribution is 6.34. The molecule has 290 valence electrons. The number of halogens is 1. The number of rotatable bonds is 8. The summed E-state index contributed by atoms with van der Waals surface area (Å²) in [4.78, 5) is 101. The fraction of sp³-hybridized carbons (Fsp3) is 0.462. The van der Waals surface area contributed by atoms with Crippen molar-refractivity contribution in [1.29, 1.82) is 0 Å². The third-order valence-electron chi connectivity index (χ3n) is 12.9. The average molecular weight is 782 g/mol. The molecule has 5 fully saturated rings. The van der Waals surface area contributed by atoms with Gasteiger partial charge in [0.2, 0.25) is 24.1 Å². The number of imide groups is 2. The number of amides is 6. The number of benzene rings is 1. The molecule has 1 aromatic carbocycles. The van der Waals surface area contributed by atoms with Gasteiger partial charge in [0.1, 0.15) is 41.0 Å². The molecule has 0 radical (unpaired) electrons. The number of carbonyl (C=O) groups excluding carboxylic acids is 6. The van der Waals surface area contributed by atoms with Crippen LogP contribution in [0.4, 0.5) is 23.0 Å². The second-order valence-corrected chi connectivity index (χ2v) is 16.9. The summed E-state index contributed by atoms with van der Waals surface area (Å²) in [6.45, 7) is 3.12. The normalized spacial score (nSPS) is 22.4. The van der Waals surface area contributed by atoms with Gasteiger partial charge in [-0.05, 0) is 93.9 Å².